The monoisotopic (exact) mass is 247 g/mol. The van der Waals surface area contributed by atoms with Crippen LogP contribution in [0, 0.1) is 0 Å². The van der Waals surface area contributed by atoms with E-state index in [1.165, 1.54) is 6.07 Å². The summed E-state index contributed by atoms with van der Waals surface area (Å²) in [5, 5.41) is 9.49. The van der Waals surface area contributed by atoms with Crippen molar-refractivity contribution in [2.75, 3.05) is 18.5 Å². The number of anilines is 1. The smallest absolute Gasteiger partial charge is 0.376 e. The Kier molecular flexibility index (Phi) is 3.46. The van der Waals surface area contributed by atoms with Crippen LogP contribution >= 0.6 is 0 Å². The highest BCUT2D eigenvalue weighted by atomic mass is 19.4. The number of alkyl halides is 3. The van der Waals surface area contributed by atoms with Gasteiger partial charge in [0.25, 0.3) is 0 Å². The molecule has 17 heavy (non-hydrogen) atoms. The lowest BCUT2D eigenvalue weighted by Gasteiger charge is -2.11. The second-order valence-corrected chi connectivity index (χ2v) is 3.82. The Balaban J connectivity index is 1.89. The fraction of sp³-hybridized carbons (Fsp3) is 0.600. The number of halogens is 3. The number of ether oxygens (including phenoxy) is 1. The second kappa shape index (κ2) is 4.87. The second-order valence-electron chi connectivity index (χ2n) is 3.82. The van der Waals surface area contributed by atoms with E-state index in [0.717, 1.165) is 25.5 Å². The van der Waals surface area contributed by atoms with Crippen LogP contribution in [0.2, 0.25) is 0 Å². The molecule has 0 saturated carbocycles. The molecule has 0 spiro atoms. The van der Waals surface area contributed by atoms with Gasteiger partial charge in [-0.15, -0.1) is 10.2 Å². The Morgan fingerprint density at radius 3 is 2.71 bits per heavy atom. The molecule has 1 unspecified atom stereocenters. The molecule has 1 aromatic heterocycles. The lowest BCUT2D eigenvalue weighted by molar-refractivity contribution is -0.141. The molecule has 1 N–H and O–H groups in total. The van der Waals surface area contributed by atoms with Crippen LogP contribution in [0.15, 0.2) is 12.1 Å². The average Bonchev–Trinajstić information content (AvgIpc) is 2.78. The number of nitrogens with zero attached hydrogens (tertiary/aromatic N) is 2. The van der Waals surface area contributed by atoms with Gasteiger partial charge in [-0.05, 0) is 25.0 Å². The summed E-state index contributed by atoms with van der Waals surface area (Å²) in [7, 11) is 0. The van der Waals surface area contributed by atoms with Gasteiger partial charge < -0.3 is 10.1 Å². The van der Waals surface area contributed by atoms with Gasteiger partial charge in [0.2, 0.25) is 0 Å². The number of nitrogens with one attached hydrogen (secondary N) is 1. The third kappa shape index (κ3) is 3.29. The molecule has 1 aromatic rings. The molecule has 94 valence electrons. The largest absolute Gasteiger partial charge is 0.435 e. The van der Waals surface area contributed by atoms with Gasteiger partial charge >= 0.3 is 6.18 Å². The van der Waals surface area contributed by atoms with E-state index in [0.29, 0.717) is 12.4 Å². The molecule has 2 heterocycles. The third-order valence-corrected chi connectivity index (χ3v) is 2.49. The first-order valence-electron chi connectivity index (χ1n) is 5.32. The Morgan fingerprint density at radius 2 is 2.18 bits per heavy atom. The molecule has 0 bridgehead atoms. The predicted molar refractivity (Wildman–Crippen MR) is 54.5 cm³/mol. The Bertz CT molecular complexity index is 360. The minimum absolute atomic E-state index is 0.110. The van der Waals surface area contributed by atoms with Crippen molar-refractivity contribution in [3.63, 3.8) is 0 Å². The molecular formula is C10H12F3N3O. The zero-order valence-electron chi connectivity index (χ0n) is 9.00. The van der Waals surface area contributed by atoms with Gasteiger partial charge in [0.05, 0.1) is 6.10 Å². The standard InChI is InChI=1S/C10H12F3N3O/c11-10(12,13)8-3-4-9(16-15-8)14-6-7-2-1-5-17-7/h3-4,7H,1-2,5-6H2,(H,14,16). The first kappa shape index (κ1) is 12.1. The van der Waals surface area contributed by atoms with Gasteiger partial charge in [-0.25, -0.2) is 0 Å². The zero-order valence-corrected chi connectivity index (χ0v) is 9.00. The molecule has 1 saturated heterocycles. The van der Waals surface area contributed by atoms with Crippen molar-refractivity contribution in [2.45, 2.75) is 25.1 Å². The number of hydrogen-bond donors (Lipinski definition) is 1. The lowest BCUT2D eigenvalue weighted by Crippen LogP contribution is -2.19. The van der Waals surface area contributed by atoms with Crippen LogP contribution in [-0.2, 0) is 10.9 Å². The summed E-state index contributed by atoms with van der Waals surface area (Å²) in [5.74, 6) is 0.327. The van der Waals surface area contributed by atoms with E-state index in [1.807, 2.05) is 0 Å². The molecule has 4 nitrogen and oxygen atoms in total. The maximum absolute atomic E-state index is 12.2. The van der Waals surface area contributed by atoms with E-state index in [1.54, 1.807) is 0 Å². The van der Waals surface area contributed by atoms with Crippen molar-refractivity contribution in [1.82, 2.24) is 10.2 Å². The molecule has 7 heteroatoms. The van der Waals surface area contributed by atoms with Crippen molar-refractivity contribution in [2.24, 2.45) is 0 Å². The van der Waals surface area contributed by atoms with Gasteiger partial charge in [0.1, 0.15) is 5.82 Å². The molecule has 1 aliphatic heterocycles. The quantitative estimate of drug-likeness (QED) is 0.888. The zero-order chi connectivity index (χ0) is 12.3. The highest BCUT2D eigenvalue weighted by Gasteiger charge is 2.32. The van der Waals surface area contributed by atoms with E-state index >= 15 is 0 Å². The van der Waals surface area contributed by atoms with Gasteiger partial charge in [-0.3, -0.25) is 0 Å². The van der Waals surface area contributed by atoms with Crippen LogP contribution in [0.5, 0.6) is 0 Å². The number of aromatic nitrogens is 2. The van der Waals surface area contributed by atoms with E-state index in [4.69, 9.17) is 4.74 Å². The summed E-state index contributed by atoms with van der Waals surface area (Å²) in [6, 6.07) is 2.18. The SMILES string of the molecule is FC(F)(F)c1ccc(NCC2CCCO2)nn1. The number of rotatable bonds is 3. The Hall–Kier alpha value is -1.37. The molecule has 2 rings (SSSR count). The topological polar surface area (TPSA) is 47.0 Å². The molecule has 1 atom stereocenters. The van der Waals surface area contributed by atoms with Gasteiger partial charge in [-0.1, -0.05) is 0 Å². The predicted octanol–water partition coefficient (Wildman–Crippen LogP) is 2.09. The van der Waals surface area contributed by atoms with Gasteiger partial charge in [0.15, 0.2) is 5.69 Å². The van der Waals surface area contributed by atoms with Crippen molar-refractivity contribution in [3.8, 4) is 0 Å². The highest BCUT2D eigenvalue weighted by Crippen LogP contribution is 2.27. The summed E-state index contributed by atoms with van der Waals surface area (Å²) in [6.45, 7) is 1.28. The minimum atomic E-state index is -4.44. The van der Waals surface area contributed by atoms with Crippen molar-refractivity contribution in [3.05, 3.63) is 17.8 Å². The Labute approximate surface area is 96.2 Å². The molecule has 0 aliphatic carbocycles. The highest BCUT2D eigenvalue weighted by molar-refractivity contribution is 5.33. The van der Waals surface area contributed by atoms with Crippen LogP contribution in [0.25, 0.3) is 0 Å². The fourth-order valence-corrected chi connectivity index (χ4v) is 1.60. The molecule has 0 amide bonds. The normalized spacial score (nSPS) is 20.5. The van der Waals surface area contributed by atoms with E-state index in [2.05, 4.69) is 15.5 Å². The van der Waals surface area contributed by atoms with Gasteiger partial charge in [-0.2, -0.15) is 13.2 Å². The first-order chi connectivity index (χ1) is 8.05. The molecular weight excluding hydrogens is 235 g/mol. The first-order valence-corrected chi connectivity index (χ1v) is 5.32. The van der Waals surface area contributed by atoms with Crippen LogP contribution in [0.3, 0.4) is 0 Å². The molecule has 0 aromatic carbocycles. The molecule has 1 aliphatic rings. The molecule has 1 fully saturated rings. The maximum Gasteiger partial charge on any atom is 0.435 e. The summed E-state index contributed by atoms with van der Waals surface area (Å²) in [4.78, 5) is 0. The van der Waals surface area contributed by atoms with Crippen LogP contribution < -0.4 is 5.32 Å². The average molecular weight is 247 g/mol. The summed E-state index contributed by atoms with van der Waals surface area (Å²) >= 11 is 0. The van der Waals surface area contributed by atoms with Crippen molar-refractivity contribution in [1.29, 1.82) is 0 Å². The third-order valence-electron chi connectivity index (χ3n) is 2.49. The van der Waals surface area contributed by atoms with E-state index < -0.39 is 11.9 Å². The maximum atomic E-state index is 12.2. The van der Waals surface area contributed by atoms with Crippen LogP contribution in [-0.4, -0.2) is 29.5 Å². The van der Waals surface area contributed by atoms with Crippen molar-refractivity contribution >= 4 is 5.82 Å². The minimum Gasteiger partial charge on any atom is -0.376 e. The van der Waals surface area contributed by atoms with E-state index in [-0.39, 0.29) is 6.10 Å². The molecule has 0 radical (unpaired) electrons. The van der Waals surface area contributed by atoms with Crippen LogP contribution in [0.4, 0.5) is 19.0 Å². The lowest BCUT2D eigenvalue weighted by atomic mass is 10.2. The summed E-state index contributed by atoms with van der Waals surface area (Å²) < 4.78 is 42.0. The van der Waals surface area contributed by atoms with Gasteiger partial charge in [0, 0.05) is 13.2 Å². The summed E-state index contributed by atoms with van der Waals surface area (Å²) in [5.41, 5.74) is -0.986. The van der Waals surface area contributed by atoms with E-state index in [9.17, 15) is 13.2 Å². The van der Waals surface area contributed by atoms with Crippen LogP contribution in [0.1, 0.15) is 18.5 Å². The fourth-order valence-electron chi connectivity index (χ4n) is 1.60. The summed E-state index contributed by atoms with van der Waals surface area (Å²) in [6.07, 6.45) is -2.36. The number of hydrogen-bond acceptors (Lipinski definition) is 4. The van der Waals surface area contributed by atoms with Crippen molar-refractivity contribution < 1.29 is 17.9 Å². The Morgan fingerprint density at radius 1 is 1.35 bits per heavy atom.